The molecule has 2 heterocycles. The van der Waals surface area contributed by atoms with Crippen LogP contribution in [0.15, 0.2) is 12.1 Å². The highest BCUT2D eigenvalue weighted by Crippen LogP contribution is 2.29. The average molecular weight is 582 g/mol. The number of methoxy groups -OCH3 is 1. The monoisotopic (exact) mass is 581 g/mol. The molecule has 0 aliphatic carbocycles. The normalized spacial score (nSPS) is 18.2. The zero-order chi connectivity index (χ0) is 29.4. The lowest BCUT2D eigenvalue weighted by Gasteiger charge is -2.38. The molecular weight excluding hydrogens is 538 g/mol. The summed E-state index contributed by atoms with van der Waals surface area (Å²) in [4.78, 5) is 41.5. The number of anilines is 1. The number of nitrogens with zero attached hydrogens (tertiary/aromatic N) is 2. The fourth-order valence-electron chi connectivity index (χ4n) is 5.09. The van der Waals surface area contributed by atoms with Crippen molar-refractivity contribution in [2.24, 2.45) is 5.92 Å². The van der Waals surface area contributed by atoms with Crippen molar-refractivity contribution in [1.29, 1.82) is 0 Å². The Morgan fingerprint density at radius 2 is 1.77 bits per heavy atom. The molecule has 224 valence electrons. The number of aliphatic hydroxyl groups excluding tert-OH is 1. The van der Waals surface area contributed by atoms with Crippen molar-refractivity contribution in [3.63, 3.8) is 0 Å². The van der Waals surface area contributed by atoms with Crippen LogP contribution in [0.3, 0.4) is 0 Å². The number of rotatable bonds is 9. The minimum atomic E-state index is -0.961. The van der Waals surface area contributed by atoms with E-state index in [1.54, 1.807) is 37.8 Å². The van der Waals surface area contributed by atoms with Crippen molar-refractivity contribution in [3.05, 3.63) is 22.7 Å². The first-order valence-corrected chi connectivity index (χ1v) is 14.3. The van der Waals surface area contributed by atoms with Gasteiger partial charge in [0.25, 0.3) is 5.91 Å². The van der Waals surface area contributed by atoms with Crippen LogP contribution in [0.25, 0.3) is 0 Å². The number of likely N-dealkylation sites (tertiary alicyclic amines) is 2. The number of amides is 3. The van der Waals surface area contributed by atoms with E-state index in [9.17, 15) is 19.5 Å². The van der Waals surface area contributed by atoms with Gasteiger partial charge in [0, 0.05) is 51.4 Å². The Labute approximate surface area is 241 Å². The number of nitrogen functional groups attached to an aromatic ring is 1. The van der Waals surface area contributed by atoms with Crippen molar-refractivity contribution in [2.75, 3.05) is 52.1 Å². The standard InChI is InChI=1S/C28H44ClN5O6/c1-28(2,3)40-27(38)31-16-20(35)13-25(36)34-11-5-18(6-12-34)17-33-9-7-19(8-10-33)32-26(37)21-14-22(29)23(30)15-24(21)39-4/h14-15,18-20,35H,5-13,16-17,30H2,1-4H3,(H,31,38)(H,32,37). The Morgan fingerprint density at radius 3 is 2.38 bits per heavy atom. The number of carbonyl (C=O) groups excluding carboxylic acids is 3. The van der Waals surface area contributed by atoms with Gasteiger partial charge in [0.05, 0.1) is 35.9 Å². The van der Waals surface area contributed by atoms with Gasteiger partial charge in [-0.05, 0) is 58.4 Å². The molecule has 3 rings (SSSR count). The van der Waals surface area contributed by atoms with Crippen LogP contribution in [-0.2, 0) is 9.53 Å². The predicted molar refractivity (Wildman–Crippen MR) is 154 cm³/mol. The number of piperidine rings is 2. The van der Waals surface area contributed by atoms with E-state index in [0.717, 1.165) is 45.3 Å². The maximum Gasteiger partial charge on any atom is 0.407 e. The van der Waals surface area contributed by atoms with Gasteiger partial charge in [-0.2, -0.15) is 0 Å². The molecule has 1 unspecified atom stereocenters. The van der Waals surface area contributed by atoms with Crippen LogP contribution in [0.4, 0.5) is 10.5 Å². The second-order valence-electron chi connectivity index (χ2n) is 11.7. The van der Waals surface area contributed by atoms with Crippen LogP contribution < -0.4 is 21.1 Å². The number of halogens is 1. The van der Waals surface area contributed by atoms with E-state index in [1.807, 2.05) is 0 Å². The lowest BCUT2D eigenvalue weighted by Crippen LogP contribution is -2.47. The summed E-state index contributed by atoms with van der Waals surface area (Å²) in [5.74, 6) is 0.566. The third-order valence-corrected chi connectivity index (χ3v) is 7.59. The third-order valence-electron chi connectivity index (χ3n) is 7.26. The summed E-state index contributed by atoms with van der Waals surface area (Å²) in [5, 5.41) is 16.1. The topological polar surface area (TPSA) is 146 Å². The Kier molecular flexibility index (Phi) is 11.3. The highest BCUT2D eigenvalue weighted by Gasteiger charge is 2.28. The molecule has 1 aromatic rings. The lowest BCUT2D eigenvalue weighted by molar-refractivity contribution is -0.134. The molecule has 2 aliphatic heterocycles. The Bertz CT molecular complexity index is 1030. The molecule has 2 fully saturated rings. The molecule has 2 aliphatic rings. The minimum absolute atomic E-state index is 0.0329. The Hall–Kier alpha value is -2.76. The largest absolute Gasteiger partial charge is 0.496 e. The summed E-state index contributed by atoms with van der Waals surface area (Å²) in [6, 6.07) is 3.17. The molecule has 1 atom stereocenters. The van der Waals surface area contributed by atoms with E-state index >= 15 is 0 Å². The van der Waals surface area contributed by atoms with E-state index in [0.29, 0.717) is 41.0 Å². The van der Waals surface area contributed by atoms with Crippen LogP contribution in [0, 0.1) is 5.92 Å². The molecule has 3 amide bonds. The van der Waals surface area contributed by atoms with Gasteiger partial charge in [-0.25, -0.2) is 4.79 Å². The Morgan fingerprint density at radius 1 is 1.12 bits per heavy atom. The Balaban J connectivity index is 1.34. The summed E-state index contributed by atoms with van der Waals surface area (Å²) in [7, 11) is 1.49. The molecule has 0 spiro atoms. The maximum absolute atomic E-state index is 12.8. The van der Waals surface area contributed by atoms with Crippen molar-refractivity contribution in [2.45, 2.75) is 70.6 Å². The van der Waals surface area contributed by atoms with Crippen molar-refractivity contribution in [3.8, 4) is 5.75 Å². The smallest absolute Gasteiger partial charge is 0.407 e. The number of alkyl carbamates (subject to hydrolysis) is 1. The summed E-state index contributed by atoms with van der Waals surface area (Å²) >= 11 is 6.11. The molecule has 0 saturated carbocycles. The fraction of sp³-hybridized carbons (Fsp3) is 0.679. The SMILES string of the molecule is COc1cc(N)c(Cl)cc1C(=O)NC1CCN(CC2CCN(C(=O)CC(O)CNC(=O)OC(C)(C)C)CC2)CC1. The summed E-state index contributed by atoms with van der Waals surface area (Å²) in [5.41, 5.74) is 5.94. The molecular formula is C28H44ClN5O6. The number of hydrogen-bond donors (Lipinski definition) is 4. The molecule has 11 nitrogen and oxygen atoms in total. The summed E-state index contributed by atoms with van der Waals surface area (Å²) < 4.78 is 10.5. The van der Waals surface area contributed by atoms with Gasteiger partial charge in [-0.15, -0.1) is 0 Å². The maximum atomic E-state index is 12.8. The number of nitrogens with one attached hydrogen (secondary N) is 2. The van der Waals surface area contributed by atoms with Crippen molar-refractivity contribution in [1.82, 2.24) is 20.4 Å². The highest BCUT2D eigenvalue weighted by atomic mass is 35.5. The molecule has 2 saturated heterocycles. The van der Waals surface area contributed by atoms with Gasteiger partial charge in [0.2, 0.25) is 5.91 Å². The molecule has 0 radical (unpaired) electrons. The molecule has 0 aromatic heterocycles. The lowest BCUT2D eigenvalue weighted by atomic mass is 9.94. The fourth-order valence-corrected chi connectivity index (χ4v) is 5.25. The first kappa shape index (κ1) is 31.8. The van der Waals surface area contributed by atoms with Crippen molar-refractivity contribution < 1.29 is 29.0 Å². The van der Waals surface area contributed by atoms with E-state index in [4.69, 9.17) is 26.8 Å². The van der Waals surface area contributed by atoms with Gasteiger partial charge in [0.15, 0.2) is 0 Å². The number of aliphatic hydroxyl groups is 1. The van der Waals surface area contributed by atoms with Crippen molar-refractivity contribution >= 4 is 35.2 Å². The quantitative estimate of drug-likeness (QED) is 0.326. The highest BCUT2D eigenvalue weighted by molar-refractivity contribution is 6.33. The van der Waals surface area contributed by atoms with Crippen LogP contribution in [0.2, 0.25) is 5.02 Å². The number of nitrogens with two attached hydrogens (primary N) is 1. The number of carbonyl (C=O) groups is 3. The van der Waals surface area contributed by atoms with E-state index in [-0.39, 0.29) is 30.8 Å². The van der Waals surface area contributed by atoms with Gasteiger partial charge in [0.1, 0.15) is 11.4 Å². The van der Waals surface area contributed by atoms with Gasteiger partial charge in [-0.3, -0.25) is 9.59 Å². The average Bonchev–Trinajstić information content (AvgIpc) is 2.89. The number of hydrogen-bond acceptors (Lipinski definition) is 8. The van der Waals surface area contributed by atoms with Crippen LogP contribution in [0.1, 0.15) is 63.2 Å². The first-order valence-electron chi connectivity index (χ1n) is 13.9. The number of benzene rings is 1. The molecule has 12 heteroatoms. The minimum Gasteiger partial charge on any atom is -0.496 e. The van der Waals surface area contributed by atoms with Crippen LogP contribution >= 0.6 is 11.6 Å². The predicted octanol–water partition coefficient (Wildman–Crippen LogP) is 2.64. The molecule has 40 heavy (non-hydrogen) atoms. The van der Waals surface area contributed by atoms with Gasteiger partial charge in [-0.1, -0.05) is 11.6 Å². The second kappa shape index (κ2) is 14.2. The van der Waals surface area contributed by atoms with Crippen LogP contribution in [-0.4, -0.2) is 96.9 Å². The molecule has 0 bridgehead atoms. The second-order valence-corrected chi connectivity index (χ2v) is 12.1. The third kappa shape index (κ3) is 9.71. The van der Waals surface area contributed by atoms with Crippen LogP contribution in [0.5, 0.6) is 5.75 Å². The van der Waals surface area contributed by atoms with E-state index < -0.39 is 17.8 Å². The van der Waals surface area contributed by atoms with Gasteiger partial charge >= 0.3 is 6.09 Å². The zero-order valence-electron chi connectivity index (χ0n) is 24.0. The van der Waals surface area contributed by atoms with Gasteiger partial charge < -0.3 is 40.7 Å². The summed E-state index contributed by atoms with van der Waals surface area (Å²) in [6.45, 7) is 9.31. The summed E-state index contributed by atoms with van der Waals surface area (Å²) in [6.07, 6.45) is 1.91. The van der Waals surface area contributed by atoms with E-state index in [1.165, 1.54) is 7.11 Å². The zero-order valence-corrected chi connectivity index (χ0v) is 24.8. The first-order chi connectivity index (χ1) is 18.8. The molecule has 1 aromatic carbocycles. The van der Waals surface area contributed by atoms with E-state index in [2.05, 4.69) is 15.5 Å². The number of ether oxygens (including phenoxy) is 2. The molecule has 5 N–H and O–H groups in total.